The molecule has 2 N–H and O–H groups in total. The highest BCUT2D eigenvalue weighted by atomic mass is 32.1. The van der Waals surface area contributed by atoms with Gasteiger partial charge >= 0.3 is 0 Å². The molecular weight excluding hydrogens is 256 g/mol. The Balaban J connectivity index is 2.13. The van der Waals surface area contributed by atoms with Crippen molar-refractivity contribution in [3.8, 4) is 0 Å². The van der Waals surface area contributed by atoms with E-state index < -0.39 is 0 Å². The second kappa shape index (κ2) is 6.06. The fourth-order valence-corrected chi connectivity index (χ4v) is 3.99. The summed E-state index contributed by atoms with van der Waals surface area (Å²) in [5.74, 6) is 0.622. The first-order valence-corrected chi connectivity index (χ1v) is 7.90. The zero-order valence-electron chi connectivity index (χ0n) is 12.1. The zero-order chi connectivity index (χ0) is 14.0. The van der Waals surface area contributed by atoms with E-state index in [9.17, 15) is 4.79 Å². The summed E-state index contributed by atoms with van der Waals surface area (Å²) in [6, 6.07) is 2.33. The van der Waals surface area contributed by atoms with Crippen molar-refractivity contribution < 1.29 is 4.79 Å². The molecule has 1 aliphatic rings. The second-order valence-corrected chi connectivity index (χ2v) is 6.87. The Morgan fingerprint density at radius 3 is 2.68 bits per heavy atom. The molecule has 1 aliphatic carbocycles. The predicted octanol–water partition coefficient (Wildman–Crippen LogP) is 2.95. The van der Waals surface area contributed by atoms with Gasteiger partial charge in [-0.1, -0.05) is 12.8 Å². The van der Waals surface area contributed by atoms with Gasteiger partial charge in [0.15, 0.2) is 0 Å². The fourth-order valence-electron chi connectivity index (χ4n) is 2.98. The molecule has 1 heterocycles. The minimum Gasteiger partial charge on any atom is -0.338 e. The number of thiophene rings is 1. The molecule has 2 atom stereocenters. The molecule has 1 aromatic rings. The summed E-state index contributed by atoms with van der Waals surface area (Å²) in [5, 5.41) is 0. The van der Waals surface area contributed by atoms with Crippen LogP contribution in [0, 0.1) is 19.8 Å². The van der Waals surface area contributed by atoms with Crippen LogP contribution in [0.3, 0.4) is 0 Å². The molecule has 0 aromatic carbocycles. The molecule has 0 saturated heterocycles. The highest BCUT2D eigenvalue weighted by Gasteiger charge is 2.30. The summed E-state index contributed by atoms with van der Waals surface area (Å²) in [4.78, 5) is 16.6. The first-order chi connectivity index (χ1) is 9.04. The molecule has 2 rings (SSSR count). The van der Waals surface area contributed by atoms with Gasteiger partial charge < -0.3 is 10.6 Å². The molecule has 0 bridgehead atoms. The summed E-state index contributed by atoms with van der Waals surface area (Å²) >= 11 is 1.60. The summed E-state index contributed by atoms with van der Waals surface area (Å²) in [5.41, 5.74) is 7.07. The molecule has 106 valence electrons. The van der Waals surface area contributed by atoms with Crippen LogP contribution in [0.1, 0.15) is 45.8 Å². The van der Waals surface area contributed by atoms with E-state index in [1.54, 1.807) is 11.3 Å². The summed E-state index contributed by atoms with van der Waals surface area (Å²) in [6.45, 7) is 4.82. The molecule has 2 unspecified atom stereocenters. The summed E-state index contributed by atoms with van der Waals surface area (Å²) in [6.07, 6.45) is 4.70. The lowest BCUT2D eigenvalue weighted by Crippen LogP contribution is -2.45. The van der Waals surface area contributed by atoms with Crippen LogP contribution < -0.4 is 5.73 Å². The minimum absolute atomic E-state index is 0.159. The molecule has 0 spiro atoms. The molecule has 19 heavy (non-hydrogen) atoms. The number of nitrogens with zero attached hydrogens (tertiary/aromatic N) is 1. The van der Waals surface area contributed by atoms with Crippen LogP contribution in [0.15, 0.2) is 6.07 Å². The molecule has 4 heteroatoms. The van der Waals surface area contributed by atoms with Gasteiger partial charge in [-0.15, -0.1) is 11.3 Å². The maximum atomic E-state index is 12.6. The molecule has 0 radical (unpaired) electrons. The van der Waals surface area contributed by atoms with E-state index >= 15 is 0 Å². The van der Waals surface area contributed by atoms with Crippen molar-refractivity contribution in [2.45, 2.75) is 45.6 Å². The number of hydrogen-bond donors (Lipinski definition) is 1. The monoisotopic (exact) mass is 280 g/mol. The first kappa shape index (κ1) is 14.5. The third-order valence-corrected chi connectivity index (χ3v) is 5.51. The lowest BCUT2D eigenvalue weighted by molar-refractivity contribution is 0.0625. The van der Waals surface area contributed by atoms with Gasteiger partial charge in [0.05, 0.1) is 4.88 Å². The van der Waals surface area contributed by atoms with E-state index in [0.29, 0.717) is 18.5 Å². The van der Waals surface area contributed by atoms with Gasteiger partial charge in [0, 0.05) is 18.0 Å². The largest absolute Gasteiger partial charge is 0.338 e. The Morgan fingerprint density at radius 1 is 1.42 bits per heavy atom. The number of nitrogens with two attached hydrogens (primary N) is 1. The topological polar surface area (TPSA) is 46.3 Å². The highest BCUT2D eigenvalue weighted by Crippen LogP contribution is 2.29. The van der Waals surface area contributed by atoms with Gasteiger partial charge in [-0.05, 0) is 50.8 Å². The Morgan fingerprint density at radius 2 is 2.11 bits per heavy atom. The molecule has 1 amide bonds. The number of carbonyl (C=O) groups excluding carboxylic acids is 1. The Kier molecular flexibility index (Phi) is 4.63. The maximum Gasteiger partial charge on any atom is 0.263 e. The van der Waals surface area contributed by atoms with Gasteiger partial charge in [-0.25, -0.2) is 0 Å². The van der Waals surface area contributed by atoms with Crippen molar-refractivity contribution in [2.24, 2.45) is 11.7 Å². The van der Waals surface area contributed by atoms with Crippen molar-refractivity contribution in [1.82, 2.24) is 4.90 Å². The van der Waals surface area contributed by atoms with Crippen LogP contribution >= 0.6 is 11.3 Å². The molecule has 1 fully saturated rings. The van der Waals surface area contributed by atoms with E-state index in [-0.39, 0.29) is 5.91 Å². The number of aryl methyl sites for hydroxylation is 2. The van der Waals surface area contributed by atoms with E-state index in [2.05, 4.69) is 13.8 Å². The van der Waals surface area contributed by atoms with Crippen molar-refractivity contribution in [1.29, 1.82) is 0 Å². The average molecular weight is 280 g/mol. The Labute approximate surface area is 119 Å². The SMILES string of the molecule is Cc1cc(C(=O)N(C)C2CCCCC2CN)sc1C. The number of amides is 1. The molecule has 1 saturated carbocycles. The third-order valence-electron chi connectivity index (χ3n) is 4.37. The van der Waals surface area contributed by atoms with Crippen LogP contribution in [0.5, 0.6) is 0 Å². The van der Waals surface area contributed by atoms with Crippen molar-refractivity contribution in [3.05, 3.63) is 21.4 Å². The molecular formula is C15H24N2OS. The predicted molar refractivity (Wildman–Crippen MR) is 80.7 cm³/mol. The molecule has 1 aromatic heterocycles. The Hall–Kier alpha value is -0.870. The normalized spacial score (nSPS) is 23.4. The summed E-state index contributed by atoms with van der Waals surface area (Å²) < 4.78 is 0. The fraction of sp³-hybridized carbons (Fsp3) is 0.667. The van der Waals surface area contributed by atoms with Crippen LogP contribution in [0.2, 0.25) is 0 Å². The van der Waals surface area contributed by atoms with Crippen molar-refractivity contribution in [3.63, 3.8) is 0 Å². The van der Waals surface area contributed by atoms with E-state index in [1.165, 1.54) is 23.3 Å². The number of hydrogen-bond acceptors (Lipinski definition) is 3. The van der Waals surface area contributed by atoms with Crippen LogP contribution in [-0.4, -0.2) is 30.4 Å². The van der Waals surface area contributed by atoms with Gasteiger partial charge in [-0.2, -0.15) is 0 Å². The van der Waals surface area contributed by atoms with Gasteiger partial charge in [0.2, 0.25) is 0 Å². The van der Waals surface area contributed by atoms with Gasteiger partial charge in [0.1, 0.15) is 0 Å². The van der Waals surface area contributed by atoms with Crippen molar-refractivity contribution in [2.75, 3.05) is 13.6 Å². The lowest BCUT2D eigenvalue weighted by Gasteiger charge is -2.37. The zero-order valence-corrected chi connectivity index (χ0v) is 12.9. The second-order valence-electron chi connectivity index (χ2n) is 5.61. The quantitative estimate of drug-likeness (QED) is 0.925. The van der Waals surface area contributed by atoms with E-state index in [4.69, 9.17) is 5.73 Å². The van der Waals surface area contributed by atoms with E-state index in [0.717, 1.165) is 17.7 Å². The first-order valence-electron chi connectivity index (χ1n) is 7.09. The lowest BCUT2D eigenvalue weighted by atomic mass is 9.83. The maximum absolute atomic E-state index is 12.6. The highest BCUT2D eigenvalue weighted by molar-refractivity contribution is 7.14. The van der Waals surface area contributed by atoms with Crippen LogP contribution in [0.25, 0.3) is 0 Å². The molecule has 3 nitrogen and oxygen atoms in total. The molecule has 0 aliphatic heterocycles. The van der Waals surface area contributed by atoms with E-state index in [1.807, 2.05) is 18.0 Å². The Bertz CT molecular complexity index is 435. The minimum atomic E-state index is 0.159. The van der Waals surface area contributed by atoms with Crippen LogP contribution in [0.4, 0.5) is 0 Å². The third kappa shape index (κ3) is 3.00. The van der Waals surface area contributed by atoms with Gasteiger partial charge in [0.25, 0.3) is 5.91 Å². The smallest absolute Gasteiger partial charge is 0.263 e. The number of rotatable bonds is 3. The number of carbonyl (C=O) groups is 1. The van der Waals surface area contributed by atoms with Crippen molar-refractivity contribution >= 4 is 17.2 Å². The van der Waals surface area contributed by atoms with Crippen LogP contribution in [-0.2, 0) is 0 Å². The van der Waals surface area contributed by atoms with Gasteiger partial charge in [-0.3, -0.25) is 4.79 Å². The average Bonchev–Trinajstić information content (AvgIpc) is 2.77. The summed E-state index contributed by atoms with van der Waals surface area (Å²) in [7, 11) is 1.94. The standard InChI is InChI=1S/C15H24N2OS/c1-10-8-14(19-11(10)2)15(18)17(3)13-7-5-4-6-12(13)9-16/h8,12-13H,4-7,9,16H2,1-3H3.